The number of hydrogen-bond donors (Lipinski definition) is 0. The van der Waals surface area contributed by atoms with Crippen molar-refractivity contribution in [2.75, 3.05) is 7.05 Å². The molecule has 0 atom stereocenters. The van der Waals surface area contributed by atoms with E-state index in [0.29, 0.717) is 35.2 Å². The van der Waals surface area contributed by atoms with E-state index in [1.807, 2.05) is 0 Å². The highest BCUT2D eigenvalue weighted by molar-refractivity contribution is 6.31. The van der Waals surface area contributed by atoms with Crippen molar-refractivity contribution < 1.29 is 8.78 Å². The summed E-state index contributed by atoms with van der Waals surface area (Å²) in [6.45, 7) is 0.609. The van der Waals surface area contributed by atoms with E-state index in [-0.39, 0.29) is 11.6 Å². The minimum absolute atomic E-state index is 0.304. The molecule has 0 spiro atoms. The lowest BCUT2D eigenvalue weighted by Gasteiger charge is -2.16. The molecule has 0 saturated carbocycles. The molecular formula is C16H14ClF2N5. The highest BCUT2D eigenvalue weighted by atomic mass is 35.5. The Hall–Kier alpha value is -2.38. The smallest absolute Gasteiger partial charge is 0.204 e. The Bertz CT molecular complexity index is 814. The Morgan fingerprint density at radius 1 is 1.12 bits per heavy atom. The maximum Gasteiger partial charge on any atom is 0.204 e. The fraction of sp³-hybridized carbons (Fsp3) is 0.188. The molecule has 0 radical (unpaired) electrons. The molecule has 0 aliphatic heterocycles. The quantitative estimate of drug-likeness (QED) is 0.708. The third-order valence-corrected chi connectivity index (χ3v) is 3.77. The van der Waals surface area contributed by atoms with E-state index in [4.69, 9.17) is 11.6 Å². The van der Waals surface area contributed by atoms with Crippen LogP contribution < -0.4 is 0 Å². The van der Waals surface area contributed by atoms with Gasteiger partial charge in [0.15, 0.2) is 0 Å². The molecule has 0 N–H and O–H groups in total. The van der Waals surface area contributed by atoms with Gasteiger partial charge in [-0.25, -0.2) is 8.78 Å². The molecule has 0 fully saturated rings. The topological polar surface area (TPSA) is 46.8 Å². The van der Waals surface area contributed by atoms with Crippen LogP contribution in [0, 0.1) is 11.6 Å². The van der Waals surface area contributed by atoms with E-state index in [9.17, 15) is 8.78 Å². The lowest BCUT2D eigenvalue weighted by atomic mass is 10.2. The van der Waals surface area contributed by atoms with Gasteiger partial charge in [0, 0.05) is 22.7 Å². The Balaban J connectivity index is 1.69. The van der Waals surface area contributed by atoms with Crippen molar-refractivity contribution >= 4 is 11.6 Å². The summed E-state index contributed by atoms with van der Waals surface area (Å²) in [6.07, 6.45) is 0. The minimum atomic E-state index is -0.354. The summed E-state index contributed by atoms with van der Waals surface area (Å²) in [5.41, 5.74) is 1.09. The molecule has 0 saturated heterocycles. The standard InChI is InChI=1S/C16H14ClF2N5/c1-23(9-13-14(17)3-2-4-15(13)19)10-24-21-16(20-22-24)11-5-7-12(18)8-6-11/h2-8H,9-10H2,1H3. The number of hydrogen-bond acceptors (Lipinski definition) is 4. The lowest BCUT2D eigenvalue weighted by molar-refractivity contribution is 0.224. The Labute approximate surface area is 142 Å². The van der Waals surface area contributed by atoms with Crippen molar-refractivity contribution in [2.24, 2.45) is 0 Å². The number of aromatic nitrogens is 4. The van der Waals surface area contributed by atoms with Crippen LogP contribution in [0.5, 0.6) is 0 Å². The summed E-state index contributed by atoms with van der Waals surface area (Å²) in [4.78, 5) is 3.19. The first-order valence-electron chi connectivity index (χ1n) is 7.18. The van der Waals surface area contributed by atoms with Crippen molar-refractivity contribution in [2.45, 2.75) is 13.2 Å². The minimum Gasteiger partial charge on any atom is -0.281 e. The molecule has 0 amide bonds. The van der Waals surface area contributed by atoms with Gasteiger partial charge in [0.25, 0.3) is 0 Å². The first kappa shape index (κ1) is 16.5. The summed E-state index contributed by atoms with van der Waals surface area (Å²) in [6, 6.07) is 10.4. The second-order valence-corrected chi connectivity index (χ2v) is 5.76. The molecule has 2 aromatic carbocycles. The average Bonchev–Trinajstić information content (AvgIpc) is 3.00. The molecule has 0 bridgehead atoms. The van der Waals surface area contributed by atoms with Crippen LogP contribution in [0.3, 0.4) is 0 Å². The third kappa shape index (κ3) is 3.74. The lowest BCUT2D eigenvalue weighted by Crippen LogP contribution is -2.24. The predicted molar refractivity (Wildman–Crippen MR) is 86.1 cm³/mol. The predicted octanol–water partition coefficient (Wildman–Crippen LogP) is 3.36. The van der Waals surface area contributed by atoms with Crippen LogP contribution >= 0.6 is 11.6 Å². The van der Waals surface area contributed by atoms with E-state index < -0.39 is 0 Å². The summed E-state index contributed by atoms with van der Waals surface area (Å²) >= 11 is 6.03. The van der Waals surface area contributed by atoms with Gasteiger partial charge in [0.1, 0.15) is 18.3 Å². The maximum absolute atomic E-state index is 13.8. The Morgan fingerprint density at radius 2 is 1.88 bits per heavy atom. The molecule has 0 aliphatic rings. The first-order chi connectivity index (χ1) is 11.5. The van der Waals surface area contributed by atoms with E-state index >= 15 is 0 Å². The molecule has 1 aromatic heterocycles. The van der Waals surface area contributed by atoms with Crippen molar-refractivity contribution in [1.82, 2.24) is 25.1 Å². The van der Waals surface area contributed by atoms with E-state index in [0.717, 1.165) is 0 Å². The third-order valence-electron chi connectivity index (χ3n) is 3.41. The monoisotopic (exact) mass is 349 g/mol. The summed E-state index contributed by atoms with van der Waals surface area (Å²) in [5.74, 6) is -0.284. The second kappa shape index (κ2) is 7.02. The largest absolute Gasteiger partial charge is 0.281 e. The van der Waals surface area contributed by atoms with Crippen molar-refractivity contribution in [3.63, 3.8) is 0 Å². The van der Waals surface area contributed by atoms with Crippen LogP contribution in [0.1, 0.15) is 5.56 Å². The molecule has 124 valence electrons. The zero-order valence-electron chi connectivity index (χ0n) is 12.8. The Kier molecular flexibility index (Phi) is 4.82. The second-order valence-electron chi connectivity index (χ2n) is 5.35. The molecule has 3 rings (SSSR count). The molecular weight excluding hydrogens is 336 g/mol. The van der Waals surface area contributed by atoms with Crippen molar-refractivity contribution in [3.8, 4) is 11.4 Å². The van der Waals surface area contributed by atoms with Crippen LogP contribution in [0.25, 0.3) is 11.4 Å². The SMILES string of the molecule is CN(Cc1c(F)cccc1Cl)Cn1nnc(-c2ccc(F)cc2)n1. The van der Waals surface area contributed by atoms with E-state index in [2.05, 4.69) is 15.4 Å². The number of nitrogens with zero attached hydrogens (tertiary/aromatic N) is 5. The number of rotatable bonds is 5. The van der Waals surface area contributed by atoms with Gasteiger partial charge in [-0.15, -0.1) is 15.0 Å². The van der Waals surface area contributed by atoms with Crippen LogP contribution in [-0.4, -0.2) is 32.2 Å². The average molecular weight is 350 g/mol. The fourth-order valence-electron chi connectivity index (χ4n) is 2.24. The van der Waals surface area contributed by atoms with E-state index in [1.54, 1.807) is 36.2 Å². The summed E-state index contributed by atoms with van der Waals surface area (Å²) < 4.78 is 26.8. The van der Waals surface area contributed by atoms with Gasteiger partial charge in [0.2, 0.25) is 5.82 Å². The zero-order valence-corrected chi connectivity index (χ0v) is 13.6. The number of benzene rings is 2. The van der Waals surface area contributed by atoms with Gasteiger partial charge in [0.05, 0.1) is 0 Å². The van der Waals surface area contributed by atoms with Gasteiger partial charge in [-0.2, -0.15) is 0 Å². The molecule has 24 heavy (non-hydrogen) atoms. The van der Waals surface area contributed by atoms with Crippen LogP contribution in [0.2, 0.25) is 5.02 Å². The molecule has 8 heteroatoms. The molecule has 3 aromatic rings. The van der Waals surface area contributed by atoms with Crippen LogP contribution in [0.4, 0.5) is 8.78 Å². The van der Waals surface area contributed by atoms with E-state index in [1.165, 1.54) is 23.0 Å². The Morgan fingerprint density at radius 3 is 2.58 bits per heavy atom. The first-order valence-corrected chi connectivity index (χ1v) is 7.56. The molecule has 0 unspecified atom stereocenters. The van der Waals surface area contributed by atoms with Gasteiger partial charge in [-0.3, -0.25) is 4.90 Å². The van der Waals surface area contributed by atoms with Crippen molar-refractivity contribution in [1.29, 1.82) is 0 Å². The number of tetrazole rings is 1. The van der Waals surface area contributed by atoms with Gasteiger partial charge >= 0.3 is 0 Å². The van der Waals surface area contributed by atoms with Gasteiger partial charge in [-0.05, 0) is 48.7 Å². The molecule has 1 heterocycles. The van der Waals surface area contributed by atoms with Crippen LogP contribution in [0.15, 0.2) is 42.5 Å². The fourth-order valence-corrected chi connectivity index (χ4v) is 2.46. The van der Waals surface area contributed by atoms with Gasteiger partial charge in [-0.1, -0.05) is 17.7 Å². The van der Waals surface area contributed by atoms with Crippen molar-refractivity contribution in [3.05, 3.63) is 64.7 Å². The normalized spacial score (nSPS) is 11.2. The number of halogens is 3. The zero-order chi connectivity index (χ0) is 17.1. The van der Waals surface area contributed by atoms with Gasteiger partial charge < -0.3 is 0 Å². The van der Waals surface area contributed by atoms with Crippen LogP contribution in [-0.2, 0) is 13.2 Å². The summed E-state index contributed by atoms with van der Waals surface area (Å²) in [7, 11) is 1.80. The molecule has 0 aliphatic carbocycles. The highest BCUT2D eigenvalue weighted by Crippen LogP contribution is 2.20. The highest BCUT2D eigenvalue weighted by Gasteiger charge is 2.12. The summed E-state index contributed by atoms with van der Waals surface area (Å²) in [5, 5.41) is 12.5. The molecule has 5 nitrogen and oxygen atoms in total. The maximum atomic E-state index is 13.8.